The molecular formula is C20H22FNO4. The third-order valence-corrected chi connectivity index (χ3v) is 3.54. The Labute approximate surface area is 151 Å². The van der Waals surface area contributed by atoms with Gasteiger partial charge in [-0.25, -0.2) is 14.0 Å². The SMILES string of the molecule is C[C@H](N[C@H](C)c1ccccc1F)c1ccccc1.O=C(O)/C=C/C(=O)O. The number of hydrogen-bond donors (Lipinski definition) is 3. The van der Waals surface area contributed by atoms with Crippen LogP contribution in [0, 0.1) is 5.82 Å². The van der Waals surface area contributed by atoms with Gasteiger partial charge in [0.15, 0.2) is 0 Å². The first-order valence-electron chi connectivity index (χ1n) is 8.00. The zero-order valence-electron chi connectivity index (χ0n) is 14.6. The summed E-state index contributed by atoms with van der Waals surface area (Å²) >= 11 is 0. The van der Waals surface area contributed by atoms with Crippen LogP contribution in [0.2, 0.25) is 0 Å². The number of hydrogen-bond acceptors (Lipinski definition) is 3. The van der Waals surface area contributed by atoms with Crippen LogP contribution in [0.15, 0.2) is 66.7 Å². The number of nitrogens with one attached hydrogen (secondary N) is 1. The zero-order chi connectivity index (χ0) is 19.5. The molecule has 0 aliphatic rings. The van der Waals surface area contributed by atoms with Crippen LogP contribution >= 0.6 is 0 Å². The van der Waals surface area contributed by atoms with Crippen molar-refractivity contribution in [1.82, 2.24) is 5.32 Å². The van der Waals surface area contributed by atoms with Gasteiger partial charge in [0.1, 0.15) is 5.82 Å². The van der Waals surface area contributed by atoms with Crippen LogP contribution in [0.25, 0.3) is 0 Å². The molecule has 3 N–H and O–H groups in total. The normalized spacial score (nSPS) is 12.7. The Hall–Kier alpha value is -2.99. The van der Waals surface area contributed by atoms with Gasteiger partial charge in [0, 0.05) is 29.8 Å². The van der Waals surface area contributed by atoms with Crippen LogP contribution in [0.5, 0.6) is 0 Å². The van der Waals surface area contributed by atoms with Crippen molar-refractivity contribution in [1.29, 1.82) is 0 Å². The molecule has 0 aromatic heterocycles. The van der Waals surface area contributed by atoms with E-state index in [-0.39, 0.29) is 17.9 Å². The summed E-state index contributed by atoms with van der Waals surface area (Å²) in [5.41, 5.74) is 1.92. The summed E-state index contributed by atoms with van der Waals surface area (Å²) in [5, 5.41) is 19.0. The number of halogens is 1. The average Bonchev–Trinajstić information content (AvgIpc) is 2.61. The minimum atomic E-state index is -1.26. The van der Waals surface area contributed by atoms with Crippen LogP contribution in [0.1, 0.15) is 37.1 Å². The molecule has 26 heavy (non-hydrogen) atoms. The molecule has 5 nitrogen and oxygen atoms in total. The van der Waals surface area contributed by atoms with Crippen molar-refractivity contribution < 1.29 is 24.2 Å². The molecule has 0 saturated heterocycles. The van der Waals surface area contributed by atoms with Crippen LogP contribution in [-0.2, 0) is 9.59 Å². The highest BCUT2D eigenvalue weighted by Crippen LogP contribution is 2.21. The second-order valence-corrected chi connectivity index (χ2v) is 5.55. The van der Waals surface area contributed by atoms with Crippen molar-refractivity contribution in [3.8, 4) is 0 Å². The Bertz CT molecular complexity index is 730. The molecule has 0 fully saturated rings. The predicted octanol–water partition coefficient (Wildman–Crippen LogP) is 3.95. The highest BCUT2D eigenvalue weighted by Gasteiger charge is 2.13. The van der Waals surface area contributed by atoms with Gasteiger partial charge in [-0.15, -0.1) is 0 Å². The lowest BCUT2D eigenvalue weighted by molar-refractivity contribution is -0.134. The number of rotatable bonds is 6. The maximum absolute atomic E-state index is 13.7. The fourth-order valence-corrected chi connectivity index (χ4v) is 2.27. The van der Waals surface area contributed by atoms with Crippen molar-refractivity contribution in [2.24, 2.45) is 0 Å². The highest BCUT2D eigenvalue weighted by molar-refractivity contribution is 5.89. The second-order valence-electron chi connectivity index (χ2n) is 5.55. The maximum Gasteiger partial charge on any atom is 0.328 e. The van der Waals surface area contributed by atoms with E-state index in [2.05, 4.69) is 24.4 Å². The van der Waals surface area contributed by atoms with E-state index in [1.54, 1.807) is 6.07 Å². The van der Waals surface area contributed by atoms with Gasteiger partial charge >= 0.3 is 11.9 Å². The fourth-order valence-electron chi connectivity index (χ4n) is 2.27. The second kappa shape index (κ2) is 10.8. The minimum Gasteiger partial charge on any atom is -0.478 e. The lowest BCUT2D eigenvalue weighted by Gasteiger charge is -2.21. The molecule has 138 valence electrons. The van der Waals surface area contributed by atoms with E-state index in [9.17, 15) is 14.0 Å². The average molecular weight is 359 g/mol. The zero-order valence-corrected chi connectivity index (χ0v) is 14.6. The molecule has 0 aliphatic heterocycles. The van der Waals surface area contributed by atoms with E-state index in [1.165, 1.54) is 11.6 Å². The molecule has 0 bridgehead atoms. The number of aliphatic carboxylic acids is 2. The first kappa shape index (κ1) is 21.1. The van der Waals surface area contributed by atoms with Crippen LogP contribution < -0.4 is 5.32 Å². The molecule has 2 atom stereocenters. The minimum absolute atomic E-state index is 0.0126. The van der Waals surface area contributed by atoms with Gasteiger partial charge < -0.3 is 15.5 Å². The Morgan fingerprint density at radius 1 is 0.885 bits per heavy atom. The van der Waals surface area contributed by atoms with Crippen molar-refractivity contribution in [3.05, 3.63) is 83.7 Å². The Kier molecular flexibility index (Phi) is 8.74. The molecular weight excluding hydrogens is 337 g/mol. The molecule has 0 saturated carbocycles. The summed E-state index contributed by atoms with van der Waals surface area (Å²) in [6.45, 7) is 4.07. The molecule has 0 unspecified atom stereocenters. The quantitative estimate of drug-likeness (QED) is 0.680. The molecule has 0 radical (unpaired) electrons. The standard InChI is InChI=1S/C16H18FN.C4H4O4/c1-12(14-8-4-3-5-9-14)18-13(2)15-10-6-7-11-16(15)17;5-3(6)1-2-4(7)8/h3-13,18H,1-2H3;1-2H,(H,5,6)(H,7,8)/b;2-1+/t12-,13+;/m0./s1. The van der Waals surface area contributed by atoms with E-state index in [1.807, 2.05) is 37.3 Å². The molecule has 2 aromatic carbocycles. The van der Waals surface area contributed by atoms with Gasteiger partial charge in [0.25, 0.3) is 0 Å². The third kappa shape index (κ3) is 7.72. The van der Waals surface area contributed by atoms with Gasteiger partial charge in [-0.2, -0.15) is 0 Å². The summed E-state index contributed by atoms with van der Waals surface area (Å²) in [6.07, 6.45) is 1.12. The smallest absolute Gasteiger partial charge is 0.328 e. The first-order chi connectivity index (χ1) is 12.3. The summed E-state index contributed by atoms with van der Waals surface area (Å²) in [4.78, 5) is 19.1. The van der Waals surface area contributed by atoms with Gasteiger partial charge in [-0.3, -0.25) is 0 Å². The summed E-state index contributed by atoms with van der Waals surface area (Å²) in [6, 6.07) is 17.3. The van der Waals surface area contributed by atoms with Gasteiger partial charge in [-0.05, 0) is 25.5 Å². The van der Waals surface area contributed by atoms with Crippen molar-refractivity contribution in [2.75, 3.05) is 0 Å². The number of carbonyl (C=O) groups is 2. The van der Waals surface area contributed by atoms with Crippen molar-refractivity contribution in [2.45, 2.75) is 25.9 Å². The molecule has 2 aromatic rings. The molecule has 2 rings (SSSR count). The molecule has 0 spiro atoms. The van der Waals surface area contributed by atoms with E-state index < -0.39 is 11.9 Å². The van der Waals surface area contributed by atoms with Crippen molar-refractivity contribution >= 4 is 11.9 Å². The van der Waals surface area contributed by atoms with E-state index >= 15 is 0 Å². The predicted molar refractivity (Wildman–Crippen MR) is 97.2 cm³/mol. The summed E-state index contributed by atoms with van der Waals surface area (Å²) < 4.78 is 13.7. The van der Waals surface area contributed by atoms with E-state index in [0.29, 0.717) is 17.7 Å². The van der Waals surface area contributed by atoms with Crippen molar-refractivity contribution in [3.63, 3.8) is 0 Å². The topological polar surface area (TPSA) is 86.6 Å². The molecule has 0 heterocycles. The van der Waals surface area contributed by atoms with Crippen LogP contribution in [0.4, 0.5) is 4.39 Å². The molecule has 0 aliphatic carbocycles. The summed E-state index contributed by atoms with van der Waals surface area (Å²) in [7, 11) is 0. The first-order valence-corrected chi connectivity index (χ1v) is 8.00. The van der Waals surface area contributed by atoms with E-state index in [4.69, 9.17) is 10.2 Å². The van der Waals surface area contributed by atoms with E-state index in [0.717, 1.165) is 0 Å². The van der Waals surface area contributed by atoms with Gasteiger partial charge in [0.05, 0.1) is 0 Å². The lowest BCUT2D eigenvalue weighted by atomic mass is 10.0. The molecule has 6 heteroatoms. The molecule has 0 amide bonds. The number of carboxylic acid groups (broad SMARTS) is 2. The van der Waals surface area contributed by atoms with Crippen LogP contribution in [-0.4, -0.2) is 22.2 Å². The Morgan fingerprint density at radius 2 is 1.38 bits per heavy atom. The number of benzene rings is 2. The largest absolute Gasteiger partial charge is 0.478 e. The summed E-state index contributed by atoms with van der Waals surface area (Å²) in [5.74, 6) is -2.67. The Balaban J connectivity index is 0.000000359. The van der Waals surface area contributed by atoms with Gasteiger partial charge in [0.2, 0.25) is 0 Å². The van der Waals surface area contributed by atoms with Crippen LogP contribution in [0.3, 0.4) is 0 Å². The monoisotopic (exact) mass is 359 g/mol. The van der Waals surface area contributed by atoms with Gasteiger partial charge in [-0.1, -0.05) is 48.5 Å². The fraction of sp³-hybridized carbons (Fsp3) is 0.200. The third-order valence-electron chi connectivity index (χ3n) is 3.54. The highest BCUT2D eigenvalue weighted by atomic mass is 19.1. The number of carboxylic acids is 2. The lowest BCUT2D eigenvalue weighted by Crippen LogP contribution is -2.23. The maximum atomic E-state index is 13.7. The Morgan fingerprint density at radius 3 is 1.88 bits per heavy atom.